The van der Waals surface area contributed by atoms with Crippen LogP contribution in [-0.2, 0) is 16.2 Å². The van der Waals surface area contributed by atoms with Crippen molar-refractivity contribution in [3.8, 4) is 16.9 Å². The SMILES string of the molecule is CSc1cc(F)c(F)cc1-c1ccc(OCc2cccc(C(=O)N3[C@H](C(N)=O)CC[C@H]3C(=O)O)c2)cc1. The third-order valence-electron chi connectivity index (χ3n) is 6.22. The first-order chi connectivity index (χ1) is 17.7. The Morgan fingerprint density at radius 1 is 1.03 bits per heavy atom. The standard InChI is InChI=1S/C27H24F2N2O5S/c1-37-24-13-21(29)20(28)12-19(24)16-5-7-18(8-6-16)36-14-15-3-2-4-17(11-15)26(33)31-22(25(30)32)9-10-23(31)27(34)35/h2-8,11-13,22-23H,9-10,14H2,1H3,(H2,30,32)(H,34,35)/t22-,23-/m0/s1. The van der Waals surface area contributed by atoms with Gasteiger partial charge in [0.15, 0.2) is 11.6 Å². The van der Waals surface area contributed by atoms with Crippen molar-refractivity contribution in [1.29, 1.82) is 0 Å². The minimum Gasteiger partial charge on any atom is -0.489 e. The van der Waals surface area contributed by atoms with E-state index in [1.807, 2.05) is 0 Å². The van der Waals surface area contributed by atoms with Crippen LogP contribution < -0.4 is 10.5 Å². The number of nitrogens with zero attached hydrogens (tertiary/aromatic N) is 1. The minimum absolute atomic E-state index is 0.114. The number of rotatable bonds is 8. The number of thioether (sulfide) groups is 1. The highest BCUT2D eigenvalue weighted by Crippen LogP contribution is 2.33. The third-order valence-corrected chi connectivity index (χ3v) is 7.00. The zero-order chi connectivity index (χ0) is 26.7. The van der Waals surface area contributed by atoms with E-state index in [9.17, 15) is 28.3 Å². The molecule has 1 aliphatic rings. The molecule has 0 aromatic heterocycles. The van der Waals surface area contributed by atoms with E-state index in [-0.39, 0.29) is 25.0 Å². The van der Waals surface area contributed by atoms with Crippen LogP contribution in [0.15, 0.2) is 65.6 Å². The summed E-state index contributed by atoms with van der Waals surface area (Å²) < 4.78 is 33.2. The molecule has 10 heteroatoms. The molecule has 0 aliphatic carbocycles. The van der Waals surface area contributed by atoms with Crippen LogP contribution in [0.4, 0.5) is 8.78 Å². The van der Waals surface area contributed by atoms with Crippen molar-refractivity contribution in [2.24, 2.45) is 5.73 Å². The van der Waals surface area contributed by atoms with Gasteiger partial charge >= 0.3 is 5.97 Å². The lowest BCUT2D eigenvalue weighted by atomic mass is 10.1. The van der Waals surface area contributed by atoms with Crippen LogP contribution in [0.25, 0.3) is 11.1 Å². The van der Waals surface area contributed by atoms with Gasteiger partial charge in [-0.3, -0.25) is 9.59 Å². The third kappa shape index (κ3) is 5.59. The van der Waals surface area contributed by atoms with E-state index in [2.05, 4.69) is 0 Å². The molecule has 1 fully saturated rings. The van der Waals surface area contributed by atoms with Crippen molar-refractivity contribution in [1.82, 2.24) is 4.90 Å². The van der Waals surface area contributed by atoms with Gasteiger partial charge in [0.05, 0.1) is 0 Å². The lowest BCUT2D eigenvalue weighted by Crippen LogP contribution is -2.49. The number of carbonyl (C=O) groups is 3. The lowest BCUT2D eigenvalue weighted by Gasteiger charge is -2.26. The molecule has 1 heterocycles. The molecule has 192 valence electrons. The van der Waals surface area contributed by atoms with Gasteiger partial charge in [-0.05, 0) is 72.2 Å². The normalized spacial score (nSPS) is 17.0. The van der Waals surface area contributed by atoms with Gasteiger partial charge in [0.1, 0.15) is 24.4 Å². The van der Waals surface area contributed by atoms with Crippen molar-refractivity contribution in [2.75, 3.05) is 6.26 Å². The van der Waals surface area contributed by atoms with Crippen molar-refractivity contribution in [3.05, 3.63) is 83.4 Å². The molecule has 0 spiro atoms. The zero-order valence-electron chi connectivity index (χ0n) is 19.8. The van der Waals surface area contributed by atoms with E-state index in [0.717, 1.165) is 11.0 Å². The van der Waals surface area contributed by atoms with Gasteiger partial charge in [0, 0.05) is 10.5 Å². The largest absolute Gasteiger partial charge is 0.489 e. The van der Waals surface area contributed by atoms with E-state index in [1.54, 1.807) is 54.8 Å². The summed E-state index contributed by atoms with van der Waals surface area (Å²) in [7, 11) is 0. The fraction of sp³-hybridized carbons (Fsp3) is 0.222. The average Bonchev–Trinajstić information content (AvgIpc) is 3.35. The molecule has 7 nitrogen and oxygen atoms in total. The molecule has 2 amide bonds. The zero-order valence-corrected chi connectivity index (χ0v) is 20.6. The average molecular weight is 527 g/mol. The molecule has 0 radical (unpaired) electrons. The summed E-state index contributed by atoms with van der Waals surface area (Å²) in [6.45, 7) is 0.114. The van der Waals surface area contributed by atoms with Crippen LogP contribution in [-0.4, -0.2) is 46.1 Å². The number of primary amides is 1. The van der Waals surface area contributed by atoms with E-state index in [0.29, 0.717) is 27.3 Å². The number of hydrogen-bond donors (Lipinski definition) is 2. The van der Waals surface area contributed by atoms with Gasteiger partial charge in [-0.25, -0.2) is 13.6 Å². The molecule has 4 rings (SSSR count). The first kappa shape index (κ1) is 26.2. The Balaban J connectivity index is 1.48. The van der Waals surface area contributed by atoms with E-state index < -0.39 is 41.5 Å². The maximum Gasteiger partial charge on any atom is 0.326 e. The first-order valence-electron chi connectivity index (χ1n) is 11.4. The molecule has 0 unspecified atom stereocenters. The van der Waals surface area contributed by atoms with Gasteiger partial charge in [-0.2, -0.15) is 0 Å². The van der Waals surface area contributed by atoms with E-state index in [1.165, 1.54) is 17.8 Å². The number of carboxylic acid groups (broad SMARTS) is 1. The minimum atomic E-state index is -1.19. The monoisotopic (exact) mass is 526 g/mol. The second kappa shape index (κ2) is 11.0. The maximum absolute atomic E-state index is 13.8. The van der Waals surface area contributed by atoms with Gasteiger partial charge < -0.3 is 20.5 Å². The number of likely N-dealkylation sites (tertiary alicyclic amines) is 1. The fourth-order valence-electron chi connectivity index (χ4n) is 4.38. The number of ether oxygens (including phenoxy) is 1. The number of benzene rings is 3. The second-order valence-electron chi connectivity index (χ2n) is 8.54. The number of amides is 2. The Hall–Kier alpha value is -3.92. The molecular formula is C27H24F2N2O5S. The predicted octanol–water partition coefficient (Wildman–Crippen LogP) is 4.48. The van der Waals surface area contributed by atoms with Crippen LogP contribution in [0, 0.1) is 11.6 Å². The van der Waals surface area contributed by atoms with Crippen LogP contribution in [0.5, 0.6) is 5.75 Å². The first-order valence-corrected chi connectivity index (χ1v) is 12.6. The van der Waals surface area contributed by atoms with Gasteiger partial charge in [-0.15, -0.1) is 11.8 Å². The molecule has 0 saturated carbocycles. The highest BCUT2D eigenvalue weighted by atomic mass is 32.2. The topological polar surface area (TPSA) is 110 Å². The Bertz CT molecular complexity index is 1330. The molecule has 3 N–H and O–H groups in total. The number of carboxylic acids is 1. The fourth-order valence-corrected chi connectivity index (χ4v) is 5.00. The van der Waals surface area contributed by atoms with Crippen molar-refractivity contribution < 1.29 is 33.0 Å². The highest BCUT2D eigenvalue weighted by Gasteiger charge is 2.43. The highest BCUT2D eigenvalue weighted by molar-refractivity contribution is 7.98. The summed E-state index contributed by atoms with van der Waals surface area (Å²) in [5.41, 5.74) is 7.55. The van der Waals surface area contributed by atoms with Crippen molar-refractivity contribution in [3.63, 3.8) is 0 Å². The number of aliphatic carboxylic acids is 1. The summed E-state index contributed by atoms with van der Waals surface area (Å²) in [5, 5.41) is 9.49. The predicted molar refractivity (Wildman–Crippen MR) is 134 cm³/mol. The summed E-state index contributed by atoms with van der Waals surface area (Å²) in [5.74, 6) is -3.82. The Morgan fingerprint density at radius 3 is 2.35 bits per heavy atom. The Kier molecular flexibility index (Phi) is 7.77. The molecule has 3 aromatic carbocycles. The molecule has 1 saturated heterocycles. The van der Waals surface area contributed by atoms with Crippen molar-refractivity contribution in [2.45, 2.75) is 36.4 Å². The van der Waals surface area contributed by atoms with Gasteiger partial charge in [-0.1, -0.05) is 24.3 Å². The molecular weight excluding hydrogens is 502 g/mol. The van der Waals surface area contributed by atoms with Gasteiger partial charge in [0.2, 0.25) is 5.91 Å². The molecule has 3 aromatic rings. The molecule has 37 heavy (non-hydrogen) atoms. The smallest absolute Gasteiger partial charge is 0.326 e. The summed E-state index contributed by atoms with van der Waals surface area (Å²) in [6.07, 6.45) is 2.13. The molecule has 1 aliphatic heterocycles. The number of carbonyl (C=O) groups excluding carboxylic acids is 2. The second-order valence-corrected chi connectivity index (χ2v) is 9.39. The lowest BCUT2D eigenvalue weighted by molar-refractivity contribution is -0.142. The summed E-state index contributed by atoms with van der Waals surface area (Å²) in [4.78, 5) is 38.2. The maximum atomic E-state index is 13.8. The summed E-state index contributed by atoms with van der Waals surface area (Å²) in [6, 6.07) is 13.6. The quantitative estimate of drug-likeness (QED) is 0.419. The van der Waals surface area contributed by atoms with Gasteiger partial charge in [0.25, 0.3) is 5.91 Å². The van der Waals surface area contributed by atoms with Crippen LogP contribution in [0.1, 0.15) is 28.8 Å². The van der Waals surface area contributed by atoms with E-state index in [4.69, 9.17) is 10.5 Å². The Morgan fingerprint density at radius 2 is 1.70 bits per heavy atom. The van der Waals surface area contributed by atoms with Crippen LogP contribution in [0.3, 0.4) is 0 Å². The molecule has 0 bridgehead atoms. The number of halogens is 2. The van der Waals surface area contributed by atoms with E-state index >= 15 is 0 Å². The molecule has 2 atom stereocenters. The summed E-state index contributed by atoms with van der Waals surface area (Å²) >= 11 is 1.31. The van der Waals surface area contributed by atoms with Crippen LogP contribution >= 0.6 is 11.8 Å². The number of hydrogen-bond acceptors (Lipinski definition) is 5. The van der Waals surface area contributed by atoms with Crippen molar-refractivity contribution >= 4 is 29.5 Å². The van der Waals surface area contributed by atoms with Crippen LogP contribution in [0.2, 0.25) is 0 Å². The Labute approximate surface area is 216 Å². The number of nitrogens with two attached hydrogens (primary N) is 1.